The Morgan fingerprint density at radius 2 is 2.14 bits per heavy atom. The number of hydrogen-bond acceptors (Lipinski definition) is 2. The highest BCUT2D eigenvalue weighted by Gasteiger charge is 2.44. The average molecular weight is 196 g/mol. The van der Waals surface area contributed by atoms with Gasteiger partial charge in [-0.3, -0.25) is 4.90 Å². The lowest BCUT2D eigenvalue weighted by atomic mass is 9.91. The van der Waals surface area contributed by atoms with Gasteiger partial charge in [0.15, 0.2) is 0 Å². The van der Waals surface area contributed by atoms with Gasteiger partial charge in [-0.25, -0.2) is 0 Å². The van der Waals surface area contributed by atoms with E-state index in [1.54, 1.807) is 0 Å². The van der Waals surface area contributed by atoms with Crippen molar-refractivity contribution in [3.05, 3.63) is 0 Å². The maximum Gasteiger partial charge on any atom is 0.0309 e. The summed E-state index contributed by atoms with van der Waals surface area (Å²) in [6.07, 6.45) is 4.17. The monoisotopic (exact) mass is 196 g/mol. The van der Waals surface area contributed by atoms with E-state index in [0.29, 0.717) is 5.54 Å². The minimum absolute atomic E-state index is 0.418. The third-order valence-corrected chi connectivity index (χ3v) is 3.95. The molecule has 1 aliphatic heterocycles. The van der Waals surface area contributed by atoms with Gasteiger partial charge in [0, 0.05) is 24.7 Å². The SMILES string of the molecule is CCCN1CC(C)(C2CC2)NCC1C. The summed E-state index contributed by atoms with van der Waals surface area (Å²) in [5, 5.41) is 3.75. The van der Waals surface area contributed by atoms with Crippen LogP contribution in [0.2, 0.25) is 0 Å². The Balaban J connectivity index is 1.96. The molecule has 1 heterocycles. The van der Waals surface area contributed by atoms with E-state index in [0.717, 1.165) is 12.0 Å². The van der Waals surface area contributed by atoms with Gasteiger partial charge in [-0.15, -0.1) is 0 Å². The zero-order valence-electron chi connectivity index (χ0n) is 9.84. The van der Waals surface area contributed by atoms with Gasteiger partial charge in [0.25, 0.3) is 0 Å². The fraction of sp³-hybridized carbons (Fsp3) is 1.00. The molecule has 2 nitrogen and oxygen atoms in total. The Bertz CT molecular complexity index is 200. The van der Waals surface area contributed by atoms with Crippen LogP contribution in [0.3, 0.4) is 0 Å². The molecule has 2 unspecified atom stereocenters. The summed E-state index contributed by atoms with van der Waals surface area (Å²) in [7, 11) is 0. The normalized spacial score (nSPS) is 40.1. The molecule has 2 atom stereocenters. The first-order chi connectivity index (χ1) is 6.65. The van der Waals surface area contributed by atoms with Crippen LogP contribution in [0.15, 0.2) is 0 Å². The number of rotatable bonds is 3. The van der Waals surface area contributed by atoms with Crippen molar-refractivity contribution in [3.8, 4) is 0 Å². The highest BCUT2D eigenvalue weighted by atomic mass is 15.2. The third-order valence-electron chi connectivity index (χ3n) is 3.95. The Morgan fingerprint density at radius 3 is 2.71 bits per heavy atom. The van der Waals surface area contributed by atoms with Gasteiger partial charge in [0.1, 0.15) is 0 Å². The minimum Gasteiger partial charge on any atom is -0.308 e. The lowest BCUT2D eigenvalue weighted by Crippen LogP contribution is -2.63. The molecule has 1 aliphatic carbocycles. The Morgan fingerprint density at radius 1 is 1.43 bits per heavy atom. The summed E-state index contributed by atoms with van der Waals surface area (Å²) in [6, 6.07) is 0.724. The molecule has 0 bridgehead atoms. The predicted octanol–water partition coefficient (Wildman–Crippen LogP) is 1.86. The standard InChI is InChI=1S/C12H24N2/c1-4-7-14-9-12(3,11-5-6-11)13-8-10(14)2/h10-11,13H,4-9H2,1-3H3. The molecule has 2 fully saturated rings. The van der Waals surface area contributed by atoms with Gasteiger partial charge in [-0.05, 0) is 45.6 Å². The molecule has 1 saturated carbocycles. The Labute approximate surface area is 88.1 Å². The zero-order chi connectivity index (χ0) is 10.2. The van der Waals surface area contributed by atoms with Gasteiger partial charge < -0.3 is 5.32 Å². The van der Waals surface area contributed by atoms with Gasteiger partial charge in [-0.2, -0.15) is 0 Å². The van der Waals surface area contributed by atoms with Crippen LogP contribution in [0, 0.1) is 5.92 Å². The van der Waals surface area contributed by atoms with E-state index in [9.17, 15) is 0 Å². The molecule has 0 amide bonds. The fourth-order valence-electron chi connectivity index (χ4n) is 2.72. The first kappa shape index (κ1) is 10.4. The number of nitrogens with one attached hydrogen (secondary N) is 1. The fourth-order valence-corrected chi connectivity index (χ4v) is 2.72. The topological polar surface area (TPSA) is 15.3 Å². The van der Waals surface area contributed by atoms with E-state index >= 15 is 0 Å². The van der Waals surface area contributed by atoms with Crippen molar-refractivity contribution < 1.29 is 0 Å². The van der Waals surface area contributed by atoms with Crippen LogP contribution >= 0.6 is 0 Å². The minimum atomic E-state index is 0.418. The second-order valence-electron chi connectivity index (χ2n) is 5.39. The molecule has 0 aromatic rings. The van der Waals surface area contributed by atoms with E-state index in [-0.39, 0.29) is 0 Å². The van der Waals surface area contributed by atoms with Crippen LogP contribution in [-0.4, -0.2) is 36.1 Å². The molecule has 14 heavy (non-hydrogen) atoms. The van der Waals surface area contributed by atoms with E-state index in [1.807, 2.05) is 0 Å². The Hall–Kier alpha value is -0.0800. The predicted molar refractivity (Wildman–Crippen MR) is 60.5 cm³/mol. The maximum absolute atomic E-state index is 3.75. The molecule has 0 aromatic carbocycles. The first-order valence-electron chi connectivity index (χ1n) is 6.15. The number of piperazine rings is 1. The van der Waals surface area contributed by atoms with Crippen molar-refractivity contribution in [2.45, 2.75) is 51.6 Å². The largest absolute Gasteiger partial charge is 0.308 e. The lowest BCUT2D eigenvalue weighted by molar-refractivity contribution is 0.0835. The van der Waals surface area contributed by atoms with Crippen LogP contribution in [0.1, 0.15) is 40.0 Å². The molecular weight excluding hydrogens is 172 g/mol. The second-order valence-corrected chi connectivity index (χ2v) is 5.39. The van der Waals surface area contributed by atoms with E-state index < -0.39 is 0 Å². The van der Waals surface area contributed by atoms with Crippen LogP contribution in [0.5, 0.6) is 0 Å². The van der Waals surface area contributed by atoms with Crippen LogP contribution in [0.25, 0.3) is 0 Å². The van der Waals surface area contributed by atoms with Crippen molar-refractivity contribution in [3.63, 3.8) is 0 Å². The zero-order valence-corrected chi connectivity index (χ0v) is 9.84. The molecule has 1 N–H and O–H groups in total. The maximum atomic E-state index is 3.75. The lowest BCUT2D eigenvalue weighted by Gasteiger charge is -2.45. The summed E-state index contributed by atoms with van der Waals surface area (Å²) in [6.45, 7) is 10.7. The summed E-state index contributed by atoms with van der Waals surface area (Å²) >= 11 is 0. The summed E-state index contributed by atoms with van der Waals surface area (Å²) in [5.41, 5.74) is 0.418. The van der Waals surface area contributed by atoms with E-state index in [2.05, 4.69) is 31.0 Å². The summed E-state index contributed by atoms with van der Waals surface area (Å²) in [5.74, 6) is 0.953. The third kappa shape index (κ3) is 1.96. The molecular formula is C12H24N2. The van der Waals surface area contributed by atoms with Crippen molar-refractivity contribution in [1.29, 1.82) is 0 Å². The van der Waals surface area contributed by atoms with Gasteiger partial charge in [-0.1, -0.05) is 6.92 Å². The molecule has 0 radical (unpaired) electrons. The Kier molecular flexibility index (Phi) is 2.85. The highest BCUT2D eigenvalue weighted by molar-refractivity contribution is 5.03. The highest BCUT2D eigenvalue weighted by Crippen LogP contribution is 2.41. The summed E-state index contributed by atoms with van der Waals surface area (Å²) < 4.78 is 0. The van der Waals surface area contributed by atoms with Crippen LogP contribution in [0.4, 0.5) is 0 Å². The van der Waals surface area contributed by atoms with Gasteiger partial charge >= 0.3 is 0 Å². The molecule has 1 saturated heterocycles. The van der Waals surface area contributed by atoms with E-state index in [4.69, 9.17) is 0 Å². The van der Waals surface area contributed by atoms with Crippen molar-refractivity contribution in [1.82, 2.24) is 10.2 Å². The van der Waals surface area contributed by atoms with Gasteiger partial charge in [0.2, 0.25) is 0 Å². The molecule has 82 valence electrons. The molecule has 2 heteroatoms. The smallest absolute Gasteiger partial charge is 0.0309 e. The molecule has 0 spiro atoms. The number of nitrogens with zero attached hydrogens (tertiary/aromatic N) is 1. The quantitative estimate of drug-likeness (QED) is 0.741. The number of hydrogen-bond donors (Lipinski definition) is 1. The summed E-state index contributed by atoms with van der Waals surface area (Å²) in [4.78, 5) is 2.66. The van der Waals surface area contributed by atoms with Crippen molar-refractivity contribution >= 4 is 0 Å². The molecule has 2 aliphatic rings. The average Bonchev–Trinajstić information content (AvgIpc) is 2.95. The van der Waals surface area contributed by atoms with E-state index in [1.165, 1.54) is 38.9 Å². The molecule has 2 rings (SSSR count). The van der Waals surface area contributed by atoms with Gasteiger partial charge in [0.05, 0.1) is 0 Å². The van der Waals surface area contributed by atoms with Crippen molar-refractivity contribution in [2.24, 2.45) is 5.92 Å². The van der Waals surface area contributed by atoms with Crippen molar-refractivity contribution in [2.75, 3.05) is 19.6 Å². The first-order valence-corrected chi connectivity index (χ1v) is 6.15. The second kappa shape index (κ2) is 3.82. The van der Waals surface area contributed by atoms with Crippen LogP contribution in [-0.2, 0) is 0 Å². The molecule has 0 aromatic heterocycles. The van der Waals surface area contributed by atoms with Crippen LogP contribution < -0.4 is 5.32 Å².